The molecule has 64 valence electrons. The quantitative estimate of drug-likeness (QED) is 0.583. The summed E-state index contributed by atoms with van der Waals surface area (Å²) in [4.78, 5) is 4.23. The van der Waals surface area contributed by atoms with Crippen molar-refractivity contribution in [1.29, 1.82) is 0 Å². The van der Waals surface area contributed by atoms with Gasteiger partial charge in [0.05, 0.1) is 0 Å². The van der Waals surface area contributed by atoms with Crippen molar-refractivity contribution in [1.82, 2.24) is 0 Å². The Labute approximate surface area is 78.9 Å². The zero-order valence-corrected chi connectivity index (χ0v) is 7.90. The molecule has 1 heterocycles. The number of hydrogen-bond acceptors (Lipinski definition) is 1. The minimum absolute atomic E-state index is 0. The van der Waals surface area contributed by atoms with E-state index >= 15 is 0 Å². The molecule has 12 heavy (non-hydrogen) atoms. The Bertz CT molecular complexity index is 305. The highest BCUT2D eigenvalue weighted by Crippen LogP contribution is 2.13. The van der Waals surface area contributed by atoms with Gasteiger partial charge in [0.1, 0.15) is 0 Å². The molecule has 0 amide bonds. The fourth-order valence-corrected chi connectivity index (χ4v) is 1.41. The van der Waals surface area contributed by atoms with Crippen LogP contribution in [0.3, 0.4) is 0 Å². The highest BCUT2D eigenvalue weighted by Gasteiger charge is 2.03. The standard InChI is InChI=1S/C10H11N.ClH/c1-8-2-3-9-4-5-11-7-10(9)6-8;/h2-3,6-7H,4-5H2,1H3;1H. The minimum Gasteiger partial charge on any atom is -0.292 e. The smallest absolute Gasteiger partial charge is 0.0430 e. The van der Waals surface area contributed by atoms with Gasteiger partial charge in [0.25, 0.3) is 0 Å². The Balaban J connectivity index is 0.000000720. The number of rotatable bonds is 0. The molecule has 0 radical (unpaired) electrons. The van der Waals surface area contributed by atoms with Crippen LogP contribution in [0.15, 0.2) is 23.2 Å². The van der Waals surface area contributed by atoms with E-state index in [0.29, 0.717) is 0 Å². The van der Waals surface area contributed by atoms with Crippen LogP contribution in [-0.2, 0) is 6.42 Å². The monoisotopic (exact) mass is 181 g/mol. The van der Waals surface area contributed by atoms with Crippen LogP contribution in [0.1, 0.15) is 16.7 Å². The third-order valence-corrected chi connectivity index (χ3v) is 2.04. The van der Waals surface area contributed by atoms with Crippen LogP contribution < -0.4 is 0 Å². The van der Waals surface area contributed by atoms with Gasteiger partial charge in [0, 0.05) is 12.8 Å². The van der Waals surface area contributed by atoms with Crippen LogP contribution in [-0.4, -0.2) is 12.8 Å². The Morgan fingerprint density at radius 3 is 3.00 bits per heavy atom. The lowest BCUT2D eigenvalue weighted by molar-refractivity contribution is 0.951. The number of halogens is 1. The van der Waals surface area contributed by atoms with E-state index in [4.69, 9.17) is 0 Å². The Hall–Kier alpha value is -0.820. The van der Waals surface area contributed by atoms with Crippen LogP contribution in [0, 0.1) is 6.92 Å². The van der Waals surface area contributed by atoms with Gasteiger partial charge in [-0.2, -0.15) is 0 Å². The van der Waals surface area contributed by atoms with Crippen LogP contribution in [0.25, 0.3) is 0 Å². The van der Waals surface area contributed by atoms with Crippen LogP contribution in [0.2, 0.25) is 0 Å². The molecule has 0 aromatic heterocycles. The van der Waals surface area contributed by atoms with Gasteiger partial charge >= 0.3 is 0 Å². The number of fused-ring (bicyclic) bond motifs is 1. The fraction of sp³-hybridized carbons (Fsp3) is 0.300. The van der Waals surface area contributed by atoms with E-state index in [1.807, 2.05) is 6.21 Å². The highest BCUT2D eigenvalue weighted by molar-refractivity contribution is 5.85. The average Bonchev–Trinajstić information content (AvgIpc) is 2.04. The summed E-state index contributed by atoms with van der Waals surface area (Å²) in [7, 11) is 0. The first-order chi connectivity index (χ1) is 5.36. The summed E-state index contributed by atoms with van der Waals surface area (Å²) in [6.07, 6.45) is 3.08. The van der Waals surface area contributed by atoms with E-state index in [-0.39, 0.29) is 12.4 Å². The van der Waals surface area contributed by atoms with Crippen molar-refractivity contribution < 1.29 is 0 Å². The van der Waals surface area contributed by atoms with Gasteiger partial charge in [0.2, 0.25) is 0 Å². The van der Waals surface area contributed by atoms with Crippen LogP contribution in [0.4, 0.5) is 0 Å². The molecule has 0 atom stereocenters. The number of aryl methyl sites for hydroxylation is 1. The Kier molecular flexibility index (Phi) is 2.88. The van der Waals surface area contributed by atoms with Crippen molar-refractivity contribution in [2.45, 2.75) is 13.3 Å². The van der Waals surface area contributed by atoms with Crippen molar-refractivity contribution >= 4 is 18.6 Å². The van der Waals surface area contributed by atoms with Gasteiger partial charge in [-0.1, -0.05) is 23.8 Å². The number of hydrogen-bond donors (Lipinski definition) is 0. The number of aliphatic imine (C=N–C) groups is 1. The van der Waals surface area contributed by atoms with Gasteiger partial charge in [-0.3, -0.25) is 4.99 Å². The van der Waals surface area contributed by atoms with Crippen molar-refractivity contribution in [3.05, 3.63) is 34.9 Å². The molecule has 0 unspecified atom stereocenters. The lowest BCUT2D eigenvalue weighted by Gasteiger charge is -2.09. The summed E-state index contributed by atoms with van der Waals surface area (Å²) in [5.41, 5.74) is 4.05. The van der Waals surface area contributed by atoms with Gasteiger partial charge in [0.15, 0.2) is 0 Å². The van der Waals surface area contributed by atoms with Crippen molar-refractivity contribution in [2.75, 3.05) is 6.54 Å². The molecule has 1 aromatic carbocycles. The first kappa shape index (κ1) is 9.27. The van der Waals surface area contributed by atoms with E-state index in [1.54, 1.807) is 0 Å². The minimum atomic E-state index is 0. The first-order valence-electron chi connectivity index (χ1n) is 3.95. The Morgan fingerprint density at radius 1 is 1.33 bits per heavy atom. The maximum Gasteiger partial charge on any atom is 0.0430 e. The number of benzene rings is 1. The third kappa shape index (κ3) is 1.67. The van der Waals surface area contributed by atoms with Gasteiger partial charge in [-0.25, -0.2) is 0 Å². The van der Waals surface area contributed by atoms with Gasteiger partial charge in [-0.15, -0.1) is 12.4 Å². The molecule has 1 nitrogen and oxygen atoms in total. The summed E-state index contributed by atoms with van der Waals surface area (Å²) < 4.78 is 0. The summed E-state index contributed by atoms with van der Waals surface area (Å²) in [6, 6.07) is 6.56. The molecule has 0 spiro atoms. The molecule has 2 heteroatoms. The Morgan fingerprint density at radius 2 is 2.17 bits per heavy atom. The second-order valence-corrected chi connectivity index (χ2v) is 2.99. The lowest BCUT2D eigenvalue weighted by Crippen LogP contribution is -2.02. The van der Waals surface area contributed by atoms with Crippen LogP contribution in [0.5, 0.6) is 0 Å². The molecule has 0 fully saturated rings. The fourth-order valence-electron chi connectivity index (χ4n) is 1.41. The molecular formula is C10H12ClN. The summed E-state index contributed by atoms with van der Waals surface area (Å²) in [6.45, 7) is 3.07. The summed E-state index contributed by atoms with van der Waals surface area (Å²) >= 11 is 0. The number of nitrogens with zero attached hydrogens (tertiary/aromatic N) is 1. The molecule has 0 saturated carbocycles. The van der Waals surface area contributed by atoms with Gasteiger partial charge < -0.3 is 0 Å². The van der Waals surface area contributed by atoms with E-state index in [1.165, 1.54) is 16.7 Å². The molecule has 0 saturated heterocycles. The van der Waals surface area contributed by atoms with Crippen molar-refractivity contribution in [3.8, 4) is 0 Å². The van der Waals surface area contributed by atoms with Gasteiger partial charge in [-0.05, 0) is 24.5 Å². The maximum atomic E-state index is 4.23. The SMILES string of the molecule is Cc1ccc2c(c1)C=NCC2.Cl. The van der Waals surface area contributed by atoms with E-state index < -0.39 is 0 Å². The molecule has 1 aromatic rings. The second-order valence-electron chi connectivity index (χ2n) is 2.99. The molecular weight excluding hydrogens is 170 g/mol. The average molecular weight is 182 g/mol. The van der Waals surface area contributed by atoms with E-state index in [2.05, 4.69) is 30.1 Å². The highest BCUT2D eigenvalue weighted by atomic mass is 35.5. The van der Waals surface area contributed by atoms with Crippen molar-refractivity contribution in [2.24, 2.45) is 4.99 Å². The topological polar surface area (TPSA) is 12.4 Å². The molecule has 1 aliphatic rings. The third-order valence-electron chi connectivity index (χ3n) is 2.04. The predicted molar refractivity (Wildman–Crippen MR) is 54.6 cm³/mol. The molecule has 0 N–H and O–H groups in total. The first-order valence-corrected chi connectivity index (χ1v) is 3.95. The predicted octanol–water partition coefficient (Wildman–Crippen LogP) is 2.39. The molecule has 1 aliphatic heterocycles. The zero-order valence-electron chi connectivity index (χ0n) is 7.08. The lowest BCUT2D eigenvalue weighted by atomic mass is 10.0. The maximum absolute atomic E-state index is 4.23. The summed E-state index contributed by atoms with van der Waals surface area (Å²) in [5.74, 6) is 0. The largest absolute Gasteiger partial charge is 0.292 e. The molecule has 0 aliphatic carbocycles. The summed E-state index contributed by atoms with van der Waals surface area (Å²) in [5, 5.41) is 0. The van der Waals surface area contributed by atoms with Crippen molar-refractivity contribution in [3.63, 3.8) is 0 Å². The molecule has 0 bridgehead atoms. The van der Waals surface area contributed by atoms with E-state index in [9.17, 15) is 0 Å². The zero-order chi connectivity index (χ0) is 7.68. The van der Waals surface area contributed by atoms with Crippen LogP contribution >= 0.6 is 12.4 Å². The second kappa shape index (κ2) is 3.72. The normalized spacial score (nSPS) is 13.4. The van der Waals surface area contributed by atoms with E-state index in [0.717, 1.165) is 13.0 Å². The molecule has 2 rings (SSSR count).